The Kier molecular flexibility index (Phi) is 3.96. The first-order valence-electron chi connectivity index (χ1n) is 6.44. The van der Waals surface area contributed by atoms with E-state index in [0.717, 1.165) is 47.7 Å². The molecule has 4 rings (SSSR count). The Bertz CT molecular complexity index is 738. The van der Waals surface area contributed by atoms with E-state index in [-0.39, 0.29) is 12.4 Å². The van der Waals surface area contributed by atoms with E-state index in [2.05, 4.69) is 29.4 Å². The average molecular weight is 321 g/mol. The van der Waals surface area contributed by atoms with Crippen LogP contribution in [0.2, 0.25) is 0 Å². The third-order valence-corrected chi connectivity index (χ3v) is 3.98. The van der Waals surface area contributed by atoms with Gasteiger partial charge in [-0.3, -0.25) is 0 Å². The molecule has 0 saturated heterocycles. The van der Waals surface area contributed by atoms with E-state index in [1.54, 1.807) is 0 Å². The summed E-state index contributed by atoms with van der Waals surface area (Å²) in [5, 5.41) is 12.6. The lowest BCUT2D eigenvalue weighted by Crippen LogP contribution is -2.28. The van der Waals surface area contributed by atoms with Crippen LogP contribution in [0.1, 0.15) is 5.82 Å². The molecule has 0 aliphatic carbocycles. The van der Waals surface area contributed by atoms with Crippen LogP contribution in [0.4, 0.5) is 0 Å². The van der Waals surface area contributed by atoms with E-state index in [1.165, 1.54) is 11.5 Å². The number of hydrogen-bond acceptors (Lipinski definition) is 6. The van der Waals surface area contributed by atoms with E-state index in [9.17, 15) is 0 Å². The Balaban J connectivity index is 0.00000132. The Morgan fingerprint density at radius 1 is 1.14 bits per heavy atom. The molecule has 2 aromatic heterocycles. The third kappa shape index (κ3) is 2.55. The zero-order valence-electron chi connectivity index (χ0n) is 11.1. The van der Waals surface area contributed by atoms with Gasteiger partial charge in [0.05, 0.1) is 6.54 Å². The van der Waals surface area contributed by atoms with E-state index < -0.39 is 0 Å². The average Bonchev–Trinajstić information content (AvgIpc) is 3.14. The molecule has 1 aliphatic heterocycles. The van der Waals surface area contributed by atoms with Crippen molar-refractivity contribution in [3.8, 4) is 22.2 Å². The van der Waals surface area contributed by atoms with Gasteiger partial charge in [-0.2, -0.15) is 4.37 Å². The molecule has 0 spiro atoms. The Morgan fingerprint density at radius 3 is 2.86 bits per heavy atom. The molecule has 0 atom stereocenters. The summed E-state index contributed by atoms with van der Waals surface area (Å²) in [4.78, 5) is 4.59. The first-order chi connectivity index (χ1) is 9.92. The normalized spacial score (nSPS) is 13.5. The lowest BCUT2D eigenvalue weighted by atomic mass is 10.2. The van der Waals surface area contributed by atoms with Gasteiger partial charge in [-0.15, -0.1) is 22.6 Å². The van der Waals surface area contributed by atoms with Crippen molar-refractivity contribution in [2.75, 3.05) is 6.54 Å². The first kappa shape index (κ1) is 14.1. The smallest absolute Gasteiger partial charge is 0.194 e. The van der Waals surface area contributed by atoms with E-state index in [4.69, 9.17) is 0 Å². The van der Waals surface area contributed by atoms with Crippen LogP contribution in [0, 0.1) is 0 Å². The standard InChI is InChI=1S/C13H12N6S.ClH/c1-2-4-9(5-3-1)11-15-13(20-18-11)12-17-16-10-8-14-6-7-19(10)12;/h1-5,14H,6-8H2;1H. The quantitative estimate of drug-likeness (QED) is 0.782. The van der Waals surface area contributed by atoms with Crippen LogP contribution in [-0.4, -0.2) is 30.7 Å². The van der Waals surface area contributed by atoms with Crippen LogP contribution in [0.3, 0.4) is 0 Å². The summed E-state index contributed by atoms with van der Waals surface area (Å²) < 4.78 is 6.54. The van der Waals surface area contributed by atoms with Crippen LogP contribution < -0.4 is 5.32 Å². The lowest BCUT2D eigenvalue weighted by Gasteiger charge is -2.14. The summed E-state index contributed by atoms with van der Waals surface area (Å²) >= 11 is 1.37. The maximum Gasteiger partial charge on any atom is 0.194 e. The number of nitrogens with zero attached hydrogens (tertiary/aromatic N) is 5. The Labute approximate surface area is 131 Å². The Hall–Kier alpha value is -1.83. The number of benzene rings is 1. The molecule has 1 N–H and O–H groups in total. The highest BCUT2D eigenvalue weighted by atomic mass is 35.5. The second-order valence-electron chi connectivity index (χ2n) is 4.56. The van der Waals surface area contributed by atoms with Gasteiger partial charge in [0.1, 0.15) is 5.82 Å². The summed E-state index contributed by atoms with van der Waals surface area (Å²) in [6, 6.07) is 9.98. The highest BCUT2D eigenvalue weighted by Crippen LogP contribution is 2.25. The van der Waals surface area contributed by atoms with Gasteiger partial charge in [-0.25, -0.2) is 4.98 Å². The molecule has 3 heterocycles. The SMILES string of the molecule is Cl.c1ccc(-c2nsc(-c3nnc4n3CCNC4)n2)cc1. The molecule has 8 heteroatoms. The highest BCUT2D eigenvalue weighted by Gasteiger charge is 2.19. The van der Waals surface area contributed by atoms with Crippen molar-refractivity contribution < 1.29 is 0 Å². The fourth-order valence-electron chi connectivity index (χ4n) is 2.27. The largest absolute Gasteiger partial charge is 0.308 e. The monoisotopic (exact) mass is 320 g/mol. The van der Waals surface area contributed by atoms with Crippen molar-refractivity contribution in [1.82, 2.24) is 29.4 Å². The number of fused-ring (bicyclic) bond motifs is 1. The highest BCUT2D eigenvalue weighted by molar-refractivity contribution is 7.09. The van der Waals surface area contributed by atoms with E-state index >= 15 is 0 Å². The van der Waals surface area contributed by atoms with Crippen molar-refractivity contribution in [2.24, 2.45) is 0 Å². The van der Waals surface area contributed by atoms with Crippen LogP contribution in [-0.2, 0) is 13.1 Å². The predicted octanol–water partition coefficient (Wildman–Crippen LogP) is 1.99. The van der Waals surface area contributed by atoms with Crippen molar-refractivity contribution in [2.45, 2.75) is 13.1 Å². The van der Waals surface area contributed by atoms with Crippen LogP contribution in [0.25, 0.3) is 22.2 Å². The van der Waals surface area contributed by atoms with Gasteiger partial charge in [0.25, 0.3) is 0 Å². The zero-order valence-corrected chi connectivity index (χ0v) is 12.7. The molecule has 0 amide bonds. The lowest BCUT2D eigenvalue weighted by molar-refractivity contribution is 0.508. The van der Waals surface area contributed by atoms with Crippen molar-refractivity contribution in [3.05, 3.63) is 36.2 Å². The summed E-state index contributed by atoms with van der Waals surface area (Å²) in [5.74, 6) is 2.53. The van der Waals surface area contributed by atoms with E-state index in [1.807, 2.05) is 30.3 Å². The summed E-state index contributed by atoms with van der Waals surface area (Å²) in [7, 11) is 0. The van der Waals surface area contributed by atoms with Gasteiger partial charge < -0.3 is 9.88 Å². The molecular formula is C13H13ClN6S. The maximum atomic E-state index is 4.59. The Morgan fingerprint density at radius 2 is 2.00 bits per heavy atom. The van der Waals surface area contributed by atoms with E-state index in [0.29, 0.717) is 0 Å². The molecule has 0 fully saturated rings. The molecule has 1 aliphatic rings. The molecule has 6 nitrogen and oxygen atoms in total. The molecule has 3 aromatic rings. The maximum absolute atomic E-state index is 4.59. The minimum atomic E-state index is 0. The van der Waals surface area contributed by atoms with Gasteiger partial charge in [-0.1, -0.05) is 30.3 Å². The van der Waals surface area contributed by atoms with Gasteiger partial charge in [0.2, 0.25) is 0 Å². The topological polar surface area (TPSA) is 68.5 Å². The molecule has 0 unspecified atom stereocenters. The molecule has 1 aromatic carbocycles. The number of aromatic nitrogens is 5. The summed E-state index contributed by atoms with van der Waals surface area (Å²) in [5.41, 5.74) is 1.02. The molecule has 0 bridgehead atoms. The number of rotatable bonds is 2. The van der Waals surface area contributed by atoms with Crippen molar-refractivity contribution in [3.63, 3.8) is 0 Å². The zero-order chi connectivity index (χ0) is 13.4. The molecule has 21 heavy (non-hydrogen) atoms. The van der Waals surface area contributed by atoms with Crippen LogP contribution in [0.15, 0.2) is 30.3 Å². The van der Waals surface area contributed by atoms with Gasteiger partial charge in [0.15, 0.2) is 16.7 Å². The minimum Gasteiger partial charge on any atom is -0.308 e. The molecule has 0 saturated carbocycles. The van der Waals surface area contributed by atoms with Crippen LogP contribution >= 0.6 is 23.9 Å². The van der Waals surface area contributed by atoms with Crippen molar-refractivity contribution >= 4 is 23.9 Å². The second-order valence-corrected chi connectivity index (χ2v) is 5.31. The van der Waals surface area contributed by atoms with Gasteiger partial charge >= 0.3 is 0 Å². The number of halogens is 1. The molecule has 0 radical (unpaired) electrons. The first-order valence-corrected chi connectivity index (χ1v) is 7.21. The van der Waals surface area contributed by atoms with Gasteiger partial charge in [-0.05, 0) is 11.5 Å². The third-order valence-electron chi connectivity index (χ3n) is 3.27. The predicted molar refractivity (Wildman–Crippen MR) is 83.3 cm³/mol. The molecular weight excluding hydrogens is 308 g/mol. The summed E-state index contributed by atoms with van der Waals surface area (Å²) in [6.45, 7) is 2.57. The van der Waals surface area contributed by atoms with Gasteiger partial charge in [0, 0.05) is 18.7 Å². The number of hydrogen-bond donors (Lipinski definition) is 1. The molecule has 108 valence electrons. The van der Waals surface area contributed by atoms with Crippen LogP contribution in [0.5, 0.6) is 0 Å². The minimum absolute atomic E-state index is 0. The van der Waals surface area contributed by atoms with Crippen molar-refractivity contribution in [1.29, 1.82) is 0 Å². The summed E-state index contributed by atoms with van der Waals surface area (Å²) in [6.07, 6.45) is 0. The second kappa shape index (κ2) is 5.88. The fraction of sp³-hybridized carbons (Fsp3) is 0.231. The fourth-order valence-corrected chi connectivity index (χ4v) is 2.95. The number of nitrogens with one attached hydrogen (secondary N) is 1.